The van der Waals surface area contributed by atoms with Gasteiger partial charge >= 0.3 is 6.09 Å². The van der Waals surface area contributed by atoms with Gasteiger partial charge in [-0.2, -0.15) is 0 Å². The zero-order valence-electron chi connectivity index (χ0n) is 22.4. The topological polar surface area (TPSA) is 84.7 Å². The van der Waals surface area contributed by atoms with Crippen molar-refractivity contribution in [2.24, 2.45) is 0 Å². The van der Waals surface area contributed by atoms with Gasteiger partial charge in [-0.25, -0.2) is 22.2 Å². The van der Waals surface area contributed by atoms with Gasteiger partial charge < -0.3 is 14.5 Å². The molecular weight excluding hydrogens is 627 g/mol. The smallest absolute Gasteiger partial charge is 0.410 e. The Balaban J connectivity index is 1.38. The second kappa shape index (κ2) is 10.5. The normalized spacial score (nSPS) is 14.6. The molecule has 1 saturated heterocycles. The van der Waals surface area contributed by atoms with Gasteiger partial charge in [0, 0.05) is 58.8 Å². The standard InChI is InChI=1S/C29H31IN4O4S/c1-20-8-10-24(11-9-20)39(36,37)34-19-26(30)25-17-22(18-31-27(25)34)21-6-5-7-23(16-21)32-12-14-33(15-13-32)28(35)38-29(2,3)4/h5-11,16-19H,12-15H2,1-4H3. The molecule has 0 aliphatic carbocycles. The Hall–Kier alpha value is -3.12. The molecule has 1 amide bonds. The molecule has 10 heteroatoms. The Morgan fingerprint density at radius 2 is 1.67 bits per heavy atom. The monoisotopic (exact) mass is 658 g/mol. The molecule has 8 nitrogen and oxygen atoms in total. The summed E-state index contributed by atoms with van der Waals surface area (Å²) >= 11 is 2.16. The lowest BCUT2D eigenvalue weighted by molar-refractivity contribution is 0.0240. The van der Waals surface area contributed by atoms with Crippen molar-refractivity contribution >= 4 is 55.4 Å². The van der Waals surface area contributed by atoms with Crippen LogP contribution in [0.1, 0.15) is 26.3 Å². The van der Waals surface area contributed by atoms with Gasteiger partial charge in [-0.1, -0.05) is 29.8 Å². The van der Waals surface area contributed by atoms with Gasteiger partial charge in [0.1, 0.15) is 5.60 Å². The molecule has 204 valence electrons. The average Bonchev–Trinajstić information content (AvgIpc) is 3.25. The molecule has 5 rings (SSSR count). The van der Waals surface area contributed by atoms with Gasteiger partial charge in [0.05, 0.1) is 4.90 Å². The van der Waals surface area contributed by atoms with Crippen LogP contribution in [0.25, 0.3) is 22.2 Å². The number of piperazine rings is 1. The SMILES string of the molecule is Cc1ccc(S(=O)(=O)n2cc(I)c3cc(-c4cccc(N5CCN(C(=O)OC(C)(C)C)CC5)c4)cnc32)cc1. The number of hydrogen-bond donors (Lipinski definition) is 0. The Bertz CT molecular complexity index is 1630. The molecule has 1 aliphatic heterocycles. The van der Waals surface area contributed by atoms with Crippen LogP contribution in [0, 0.1) is 10.5 Å². The summed E-state index contributed by atoms with van der Waals surface area (Å²) in [6.45, 7) is 10.1. The third kappa shape index (κ3) is 5.76. The van der Waals surface area contributed by atoms with Gasteiger partial charge in [0.25, 0.3) is 10.0 Å². The van der Waals surface area contributed by atoms with E-state index in [9.17, 15) is 13.2 Å². The van der Waals surface area contributed by atoms with E-state index in [-0.39, 0.29) is 11.0 Å². The highest BCUT2D eigenvalue weighted by molar-refractivity contribution is 14.1. The van der Waals surface area contributed by atoms with Crippen LogP contribution in [0.2, 0.25) is 0 Å². The number of hydrogen-bond acceptors (Lipinski definition) is 6. The number of fused-ring (bicyclic) bond motifs is 1. The summed E-state index contributed by atoms with van der Waals surface area (Å²) in [5, 5.41) is 0.778. The number of amides is 1. The zero-order chi connectivity index (χ0) is 27.9. The fraction of sp³-hybridized carbons (Fsp3) is 0.310. The highest BCUT2D eigenvalue weighted by atomic mass is 127. The van der Waals surface area contributed by atoms with Crippen molar-refractivity contribution in [1.29, 1.82) is 0 Å². The molecule has 1 fully saturated rings. The molecule has 0 bridgehead atoms. The molecule has 0 radical (unpaired) electrons. The van der Waals surface area contributed by atoms with E-state index < -0.39 is 15.6 Å². The lowest BCUT2D eigenvalue weighted by atomic mass is 10.1. The molecule has 3 heterocycles. The first-order chi connectivity index (χ1) is 18.4. The fourth-order valence-electron chi connectivity index (χ4n) is 4.56. The van der Waals surface area contributed by atoms with Crippen molar-refractivity contribution in [2.45, 2.75) is 38.2 Å². The Labute approximate surface area is 242 Å². The number of pyridine rings is 1. The molecule has 0 unspecified atom stereocenters. The number of ether oxygens (including phenoxy) is 1. The summed E-state index contributed by atoms with van der Waals surface area (Å²) in [4.78, 5) is 21.3. The minimum absolute atomic E-state index is 0.228. The van der Waals surface area contributed by atoms with Gasteiger partial charge in [0.15, 0.2) is 5.65 Å². The van der Waals surface area contributed by atoms with Crippen molar-refractivity contribution in [2.75, 3.05) is 31.1 Å². The zero-order valence-corrected chi connectivity index (χ0v) is 25.4. The van der Waals surface area contributed by atoms with E-state index in [1.807, 2.05) is 45.9 Å². The van der Waals surface area contributed by atoms with Crippen LogP contribution in [-0.2, 0) is 14.8 Å². The van der Waals surface area contributed by atoms with Gasteiger partial charge in [-0.15, -0.1) is 0 Å². The lowest BCUT2D eigenvalue weighted by Gasteiger charge is -2.36. The fourth-order valence-corrected chi connectivity index (χ4v) is 6.75. The number of carbonyl (C=O) groups is 1. The molecule has 0 N–H and O–H groups in total. The number of rotatable bonds is 4. The number of aromatic nitrogens is 2. The van der Waals surface area contributed by atoms with Crippen molar-refractivity contribution in [1.82, 2.24) is 13.9 Å². The third-order valence-corrected chi connectivity index (χ3v) is 9.14. The maximum absolute atomic E-state index is 13.4. The second-order valence-corrected chi connectivity index (χ2v) is 13.7. The average molecular weight is 659 g/mol. The summed E-state index contributed by atoms with van der Waals surface area (Å²) in [5.41, 5.74) is 3.84. The van der Waals surface area contributed by atoms with Gasteiger partial charge in [0.2, 0.25) is 0 Å². The number of nitrogens with zero attached hydrogens (tertiary/aromatic N) is 4. The summed E-state index contributed by atoms with van der Waals surface area (Å²) in [6, 6.07) is 17.0. The lowest BCUT2D eigenvalue weighted by Crippen LogP contribution is -2.50. The highest BCUT2D eigenvalue weighted by Crippen LogP contribution is 2.31. The van der Waals surface area contributed by atoms with Crippen LogP contribution < -0.4 is 4.90 Å². The van der Waals surface area contributed by atoms with E-state index in [1.165, 1.54) is 3.97 Å². The molecule has 0 atom stereocenters. The molecule has 39 heavy (non-hydrogen) atoms. The van der Waals surface area contributed by atoms with Crippen molar-refractivity contribution in [3.8, 4) is 11.1 Å². The summed E-state index contributed by atoms with van der Waals surface area (Å²) in [7, 11) is -3.78. The van der Waals surface area contributed by atoms with Crippen LogP contribution in [0.5, 0.6) is 0 Å². The van der Waals surface area contributed by atoms with E-state index in [0.29, 0.717) is 31.8 Å². The molecule has 4 aromatic rings. The molecule has 0 spiro atoms. The van der Waals surface area contributed by atoms with Crippen LogP contribution in [0.4, 0.5) is 10.5 Å². The summed E-state index contributed by atoms with van der Waals surface area (Å²) in [6.07, 6.45) is 3.07. The van der Waals surface area contributed by atoms with Crippen LogP contribution in [0.3, 0.4) is 0 Å². The quantitative estimate of drug-likeness (QED) is 0.254. The number of anilines is 1. The van der Waals surface area contributed by atoms with Crippen LogP contribution in [-0.4, -0.2) is 60.1 Å². The first kappa shape index (κ1) is 27.4. The highest BCUT2D eigenvalue weighted by Gasteiger charge is 2.26. The number of aryl methyl sites for hydroxylation is 1. The van der Waals surface area contributed by atoms with Crippen molar-refractivity contribution in [3.63, 3.8) is 0 Å². The van der Waals surface area contributed by atoms with E-state index in [0.717, 1.165) is 31.3 Å². The Kier molecular flexibility index (Phi) is 7.36. The molecule has 0 saturated carbocycles. The molecule has 2 aromatic heterocycles. The first-order valence-corrected chi connectivity index (χ1v) is 15.3. The maximum Gasteiger partial charge on any atom is 0.410 e. The molecule has 2 aromatic carbocycles. The van der Waals surface area contributed by atoms with Gasteiger partial charge in [-0.3, -0.25) is 0 Å². The Morgan fingerprint density at radius 1 is 0.974 bits per heavy atom. The van der Waals surface area contributed by atoms with Crippen LogP contribution >= 0.6 is 22.6 Å². The van der Waals surface area contributed by atoms with Crippen LogP contribution in [0.15, 0.2) is 71.9 Å². The van der Waals surface area contributed by atoms with Crippen molar-refractivity contribution < 1.29 is 17.9 Å². The van der Waals surface area contributed by atoms with E-state index in [1.54, 1.807) is 41.6 Å². The second-order valence-electron chi connectivity index (χ2n) is 10.7. The maximum atomic E-state index is 13.4. The largest absolute Gasteiger partial charge is 0.444 e. The molecular formula is C29H31IN4O4S. The van der Waals surface area contributed by atoms with E-state index in [4.69, 9.17) is 4.74 Å². The van der Waals surface area contributed by atoms with E-state index in [2.05, 4.69) is 44.6 Å². The van der Waals surface area contributed by atoms with E-state index >= 15 is 0 Å². The number of carbonyl (C=O) groups excluding carboxylic acids is 1. The number of benzene rings is 2. The first-order valence-electron chi connectivity index (χ1n) is 12.7. The number of halogens is 1. The third-order valence-electron chi connectivity index (χ3n) is 6.62. The molecule has 1 aliphatic rings. The predicted octanol–water partition coefficient (Wildman–Crippen LogP) is 5.91. The minimum atomic E-state index is -3.78. The van der Waals surface area contributed by atoms with Crippen molar-refractivity contribution in [3.05, 3.63) is 76.1 Å². The minimum Gasteiger partial charge on any atom is -0.444 e. The summed E-state index contributed by atoms with van der Waals surface area (Å²) in [5.74, 6) is 0. The Morgan fingerprint density at radius 3 is 2.33 bits per heavy atom. The summed E-state index contributed by atoms with van der Waals surface area (Å²) < 4.78 is 34.3. The van der Waals surface area contributed by atoms with Gasteiger partial charge in [-0.05, 0) is 86.2 Å². The predicted molar refractivity (Wildman–Crippen MR) is 162 cm³/mol.